The summed E-state index contributed by atoms with van der Waals surface area (Å²) in [5.74, 6) is -0.180. The molecular weight excluding hydrogens is 325 g/mol. The van der Waals surface area contributed by atoms with Crippen LogP contribution in [0.2, 0.25) is 19.6 Å². The van der Waals surface area contributed by atoms with Crippen molar-refractivity contribution in [1.82, 2.24) is 0 Å². The van der Waals surface area contributed by atoms with Crippen molar-refractivity contribution in [3.8, 4) is 0 Å². The first kappa shape index (κ1) is 18.9. The van der Waals surface area contributed by atoms with Crippen LogP contribution in [0.1, 0.15) is 25.7 Å². The Bertz CT molecular complexity index is 448. The van der Waals surface area contributed by atoms with E-state index in [9.17, 15) is 21.6 Å². The molecule has 1 saturated carbocycles. The van der Waals surface area contributed by atoms with E-state index in [0.29, 0.717) is 0 Å². The second-order valence-corrected chi connectivity index (χ2v) is 12.7. The first-order valence-corrected chi connectivity index (χ1v) is 12.1. The Balaban J connectivity index is 2.72. The number of rotatable bonds is 5. The largest absolute Gasteiger partial charge is 0.416 e. The van der Waals surface area contributed by atoms with Gasteiger partial charge in [0.25, 0.3) is 10.1 Å². The van der Waals surface area contributed by atoms with Crippen molar-refractivity contribution < 1.29 is 30.2 Å². The monoisotopic (exact) mass is 348 g/mol. The maximum atomic E-state index is 13.4. The highest BCUT2D eigenvalue weighted by Crippen LogP contribution is 2.47. The lowest BCUT2D eigenvalue weighted by molar-refractivity contribution is -0.264. The summed E-state index contributed by atoms with van der Waals surface area (Å²) in [7, 11) is -5.90. The van der Waals surface area contributed by atoms with Crippen LogP contribution in [0.5, 0.6) is 0 Å². The smallest absolute Gasteiger partial charge is 0.404 e. The molecule has 0 N–H and O–H groups in total. The van der Waals surface area contributed by atoms with Crippen LogP contribution < -0.4 is 0 Å². The van der Waals surface area contributed by atoms with Gasteiger partial charge in [-0.05, 0) is 51.2 Å². The third kappa shape index (κ3) is 5.88. The summed E-state index contributed by atoms with van der Waals surface area (Å²) >= 11 is 0. The van der Waals surface area contributed by atoms with Gasteiger partial charge in [-0.25, -0.2) is 0 Å². The summed E-state index contributed by atoms with van der Waals surface area (Å²) < 4.78 is 72.2. The highest BCUT2D eigenvalue weighted by Gasteiger charge is 2.58. The van der Waals surface area contributed by atoms with Crippen LogP contribution in [-0.2, 0) is 18.7 Å². The Labute approximate surface area is 125 Å². The molecule has 126 valence electrons. The molecule has 0 bridgehead atoms. The average Bonchev–Trinajstić information content (AvgIpc) is 2.23. The second kappa shape index (κ2) is 6.17. The normalized spacial score (nSPS) is 28.6. The lowest BCUT2D eigenvalue weighted by Crippen LogP contribution is -2.55. The minimum atomic E-state index is -4.41. The molecule has 1 aliphatic rings. The minimum absolute atomic E-state index is 0.0558. The van der Waals surface area contributed by atoms with Gasteiger partial charge in [-0.3, -0.25) is 4.18 Å². The summed E-state index contributed by atoms with van der Waals surface area (Å²) in [6.07, 6.45) is -3.25. The molecule has 0 radical (unpaired) electrons. The zero-order valence-electron chi connectivity index (χ0n) is 12.8. The maximum Gasteiger partial charge on any atom is 0.416 e. The summed E-state index contributed by atoms with van der Waals surface area (Å²) in [4.78, 5) is 0. The van der Waals surface area contributed by atoms with Gasteiger partial charge in [-0.15, -0.1) is 0 Å². The standard InChI is InChI=1S/C12H23F3O4SSi/c1-20(16,17)18-9-10-5-7-11(8-6-10,12(13,14)15)19-21(2,3)4/h10H,5-9H2,1-4H3. The van der Waals surface area contributed by atoms with Crippen LogP contribution in [0.15, 0.2) is 0 Å². The summed E-state index contributed by atoms with van der Waals surface area (Å²) in [5, 5.41) is 0. The van der Waals surface area contributed by atoms with Crippen molar-refractivity contribution in [1.29, 1.82) is 0 Å². The third-order valence-corrected chi connectivity index (χ3v) is 5.02. The molecule has 0 amide bonds. The van der Waals surface area contributed by atoms with E-state index >= 15 is 0 Å². The summed E-state index contributed by atoms with van der Waals surface area (Å²) in [6, 6.07) is 0. The first-order chi connectivity index (χ1) is 9.24. The van der Waals surface area contributed by atoms with Gasteiger partial charge in [0, 0.05) is 0 Å². The Morgan fingerprint density at radius 3 is 2.00 bits per heavy atom. The maximum absolute atomic E-state index is 13.4. The number of halogens is 3. The van der Waals surface area contributed by atoms with Crippen LogP contribution in [0.25, 0.3) is 0 Å². The molecule has 1 rings (SSSR count). The molecule has 0 spiro atoms. The molecule has 0 atom stereocenters. The molecule has 0 heterocycles. The van der Waals surface area contributed by atoms with Gasteiger partial charge in [0.2, 0.25) is 0 Å². The molecule has 0 aromatic heterocycles. The van der Waals surface area contributed by atoms with Crippen molar-refractivity contribution in [2.75, 3.05) is 12.9 Å². The van der Waals surface area contributed by atoms with Gasteiger partial charge >= 0.3 is 6.18 Å². The fraction of sp³-hybridized carbons (Fsp3) is 1.00. The fourth-order valence-electron chi connectivity index (χ4n) is 2.56. The van der Waals surface area contributed by atoms with Gasteiger partial charge in [0.05, 0.1) is 12.9 Å². The molecular formula is C12H23F3O4SSi. The van der Waals surface area contributed by atoms with Crippen molar-refractivity contribution in [2.45, 2.75) is 57.1 Å². The van der Waals surface area contributed by atoms with Gasteiger partial charge in [-0.1, -0.05) is 0 Å². The fourth-order valence-corrected chi connectivity index (χ4v) is 4.49. The van der Waals surface area contributed by atoms with Crippen LogP contribution in [0.3, 0.4) is 0 Å². The topological polar surface area (TPSA) is 52.6 Å². The van der Waals surface area contributed by atoms with E-state index < -0.39 is 30.2 Å². The molecule has 9 heteroatoms. The summed E-state index contributed by atoms with van der Waals surface area (Å²) in [6.45, 7) is 5.15. The first-order valence-electron chi connectivity index (χ1n) is 6.85. The number of hydrogen-bond acceptors (Lipinski definition) is 4. The second-order valence-electron chi connectivity index (χ2n) is 6.64. The van der Waals surface area contributed by atoms with Gasteiger partial charge in [-0.2, -0.15) is 21.6 Å². The molecule has 0 saturated heterocycles. The van der Waals surface area contributed by atoms with Crippen molar-refractivity contribution >= 4 is 18.4 Å². The van der Waals surface area contributed by atoms with Crippen molar-refractivity contribution in [3.63, 3.8) is 0 Å². The lowest BCUT2D eigenvalue weighted by Gasteiger charge is -2.44. The van der Waals surface area contributed by atoms with E-state index in [1.54, 1.807) is 19.6 Å². The minimum Gasteiger partial charge on any atom is -0.404 e. The zero-order valence-corrected chi connectivity index (χ0v) is 14.6. The van der Waals surface area contributed by atoms with E-state index in [-0.39, 0.29) is 38.2 Å². The van der Waals surface area contributed by atoms with Gasteiger partial charge < -0.3 is 4.43 Å². The Hall–Kier alpha value is -0.123. The Kier molecular flexibility index (Phi) is 5.56. The van der Waals surface area contributed by atoms with Crippen LogP contribution >= 0.6 is 0 Å². The van der Waals surface area contributed by atoms with E-state index in [1.165, 1.54) is 0 Å². The van der Waals surface area contributed by atoms with Crippen molar-refractivity contribution in [2.24, 2.45) is 5.92 Å². The lowest BCUT2D eigenvalue weighted by atomic mass is 9.79. The van der Waals surface area contributed by atoms with E-state index in [2.05, 4.69) is 4.18 Å². The molecule has 0 aromatic carbocycles. The highest BCUT2D eigenvalue weighted by atomic mass is 32.2. The number of hydrogen-bond donors (Lipinski definition) is 0. The quantitative estimate of drug-likeness (QED) is 0.565. The summed E-state index contributed by atoms with van der Waals surface area (Å²) in [5.41, 5.74) is -2.08. The van der Waals surface area contributed by atoms with E-state index in [1.807, 2.05) is 0 Å². The Morgan fingerprint density at radius 1 is 1.19 bits per heavy atom. The SMILES string of the molecule is C[Si](C)(C)OC1(C(F)(F)F)CCC(COS(C)(=O)=O)CC1. The van der Waals surface area contributed by atoms with Gasteiger partial charge in [0.1, 0.15) is 0 Å². The predicted molar refractivity (Wildman–Crippen MR) is 76.0 cm³/mol. The Morgan fingerprint density at radius 2 is 1.67 bits per heavy atom. The molecule has 1 aliphatic carbocycles. The van der Waals surface area contributed by atoms with Crippen LogP contribution in [0.4, 0.5) is 13.2 Å². The number of alkyl halides is 3. The van der Waals surface area contributed by atoms with Gasteiger partial charge in [0.15, 0.2) is 13.9 Å². The molecule has 1 fully saturated rings. The molecule has 0 unspecified atom stereocenters. The van der Waals surface area contributed by atoms with Crippen LogP contribution in [0, 0.1) is 5.92 Å². The zero-order chi connectivity index (χ0) is 16.5. The van der Waals surface area contributed by atoms with E-state index in [4.69, 9.17) is 4.43 Å². The van der Waals surface area contributed by atoms with Crippen LogP contribution in [-0.4, -0.2) is 41.4 Å². The third-order valence-electron chi connectivity index (χ3n) is 3.45. The molecule has 0 aromatic rings. The highest BCUT2D eigenvalue weighted by molar-refractivity contribution is 7.85. The molecule has 21 heavy (non-hydrogen) atoms. The van der Waals surface area contributed by atoms with E-state index in [0.717, 1.165) is 6.26 Å². The average molecular weight is 348 g/mol. The molecule has 4 nitrogen and oxygen atoms in total. The van der Waals surface area contributed by atoms with Crippen molar-refractivity contribution in [3.05, 3.63) is 0 Å². The molecule has 0 aliphatic heterocycles. The predicted octanol–water partition coefficient (Wildman–Crippen LogP) is 3.31.